The maximum atomic E-state index is 13.3. The quantitative estimate of drug-likeness (QED) is 0.378. The van der Waals surface area contributed by atoms with Crippen LogP contribution >= 0.6 is 15.9 Å². The first kappa shape index (κ1) is 15.4. The summed E-state index contributed by atoms with van der Waals surface area (Å²) in [5.74, 6) is 0. The summed E-state index contributed by atoms with van der Waals surface area (Å²) < 4.78 is 8.73. The average molecular weight is 404 g/mol. The van der Waals surface area contributed by atoms with E-state index < -0.39 is 0 Å². The lowest BCUT2D eigenvalue weighted by molar-refractivity contribution is 0.652. The van der Waals surface area contributed by atoms with Crippen LogP contribution in [0, 0.1) is 0 Å². The lowest BCUT2D eigenvalue weighted by Crippen LogP contribution is -2.21. The van der Waals surface area contributed by atoms with Crippen LogP contribution in [0.2, 0.25) is 0 Å². The van der Waals surface area contributed by atoms with Crippen molar-refractivity contribution in [3.63, 3.8) is 0 Å². The van der Waals surface area contributed by atoms with Crippen LogP contribution in [-0.4, -0.2) is 4.57 Å². The molecular formula is C22H14BrNO2. The van der Waals surface area contributed by atoms with E-state index in [1.165, 1.54) is 0 Å². The zero-order valence-electron chi connectivity index (χ0n) is 13.8. The number of hydrogen-bond donors (Lipinski definition) is 0. The molecule has 26 heavy (non-hydrogen) atoms. The summed E-state index contributed by atoms with van der Waals surface area (Å²) in [5, 5.41) is 2.86. The van der Waals surface area contributed by atoms with E-state index in [-0.39, 0.29) is 5.56 Å². The molecule has 0 fully saturated rings. The first-order valence-electron chi connectivity index (χ1n) is 8.39. The number of para-hydroxylation sites is 1. The maximum absolute atomic E-state index is 13.3. The predicted octanol–water partition coefficient (Wildman–Crippen LogP) is 5.71. The molecule has 5 aromatic rings. The number of halogens is 1. The van der Waals surface area contributed by atoms with Gasteiger partial charge in [0.15, 0.2) is 0 Å². The minimum absolute atomic E-state index is 0.102. The van der Waals surface area contributed by atoms with Crippen molar-refractivity contribution < 1.29 is 4.42 Å². The molecular weight excluding hydrogens is 390 g/mol. The highest BCUT2D eigenvalue weighted by Gasteiger charge is 2.17. The summed E-state index contributed by atoms with van der Waals surface area (Å²) in [4.78, 5) is 13.3. The van der Waals surface area contributed by atoms with E-state index in [0.29, 0.717) is 12.1 Å². The predicted molar refractivity (Wildman–Crippen MR) is 109 cm³/mol. The van der Waals surface area contributed by atoms with Gasteiger partial charge in [-0.15, -0.1) is 0 Å². The second kappa shape index (κ2) is 5.85. The molecule has 5 rings (SSSR count). The SMILES string of the molecule is O=c1c2oc3ccccc3c2c2cc(Br)ccc2n1Cc1ccccc1. The van der Waals surface area contributed by atoms with E-state index in [4.69, 9.17) is 4.42 Å². The number of nitrogens with zero attached hydrogens (tertiary/aromatic N) is 1. The van der Waals surface area contributed by atoms with Gasteiger partial charge in [0.2, 0.25) is 5.58 Å². The number of fused-ring (bicyclic) bond motifs is 5. The molecule has 4 heteroatoms. The molecule has 2 aromatic heterocycles. The largest absolute Gasteiger partial charge is 0.450 e. The molecule has 2 heterocycles. The fourth-order valence-corrected chi connectivity index (χ4v) is 3.92. The van der Waals surface area contributed by atoms with E-state index in [0.717, 1.165) is 37.3 Å². The fourth-order valence-electron chi connectivity index (χ4n) is 3.56. The molecule has 0 radical (unpaired) electrons. The highest BCUT2D eigenvalue weighted by Crippen LogP contribution is 2.34. The minimum Gasteiger partial charge on any atom is -0.450 e. The van der Waals surface area contributed by atoms with Gasteiger partial charge in [-0.2, -0.15) is 0 Å². The van der Waals surface area contributed by atoms with Gasteiger partial charge in [0.25, 0.3) is 5.56 Å². The molecule has 3 nitrogen and oxygen atoms in total. The number of hydrogen-bond acceptors (Lipinski definition) is 2. The molecule has 3 aromatic carbocycles. The van der Waals surface area contributed by atoms with Crippen LogP contribution in [0.1, 0.15) is 5.56 Å². The lowest BCUT2D eigenvalue weighted by Gasteiger charge is -2.11. The molecule has 0 N–H and O–H groups in total. The van der Waals surface area contributed by atoms with Gasteiger partial charge < -0.3 is 8.98 Å². The van der Waals surface area contributed by atoms with Crippen molar-refractivity contribution in [2.24, 2.45) is 0 Å². The number of pyridine rings is 1. The third-order valence-corrected chi connectivity index (χ3v) is 5.23. The third-order valence-electron chi connectivity index (χ3n) is 4.74. The molecule has 0 unspecified atom stereocenters. The van der Waals surface area contributed by atoms with E-state index in [1.54, 1.807) is 4.57 Å². The molecule has 0 aliphatic carbocycles. The van der Waals surface area contributed by atoms with Gasteiger partial charge in [0.1, 0.15) is 5.58 Å². The minimum atomic E-state index is -0.102. The van der Waals surface area contributed by atoms with E-state index in [9.17, 15) is 4.79 Å². The summed E-state index contributed by atoms with van der Waals surface area (Å²) in [6, 6.07) is 23.8. The van der Waals surface area contributed by atoms with Gasteiger partial charge in [-0.05, 0) is 29.8 Å². The third kappa shape index (κ3) is 2.30. The molecule has 0 amide bonds. The Kier molecular flexibility index (Phi) is 3.47. The van der Waals surface area contributed by atoms with Gasteiger partial charge in [-0.25, -0.2) is 0 Å². The Morgan fingerprint density at radius 2 is 1.65 bits per heavy atom. The van der Waals surface area contributed by atoms with E-state index in [2.05, 4.69) is 22.0 Å². The summed E-state index contributed by atoms with van der Waals surface area (Å²) >= 11 is 3.56. The maximum Gasteiger partial charge on any atom is 0.295 e. The van der Waals surface area contributed by atoms with Crippen molar-refractivity contribution in [1.82, 2.24) is 4.57 Å². The van der Waals surface area contributed by atoms with Gasteiger partial charge in [0.05, 0.1) is 12.1 Å². The Morgan fingerprint density at radius 3 is 2.50 bits per heavy atom. The van der Waals surface area contributed by atoms with Crippen LogP contribution in [-0.2, 0) is 6.54 Å². The first-order valence-corrected chi connectivity index (χ1v) is 9.19. The van der Waals surface area contributed by atoms with Crippen molar-refractivity contribution in [1.29, 1.82) is 0 Å². The van der Waals surface area contributed by atoms with Crippen LogP contribution in [0.3, 0.4) is 0 Å². The van der Waals surface area contributed by atoms with Crippen molar-refractivity contribution in [3.8, 4) is 0 Å². The normalized spacial score (nSPS) is 11.6. The van der Waals surface area contributed by atoms with Crippen molar-refractivity contribution in [2.75, 3.05) is 0 Å². The monoisotopic (exact) mass is 403 g/mol. The molecule has 0 saturated heterocycles. The van der Waals surface area contributed by atoms with Crippen molar-refractivity contribution >= 4 is 48.8 Å². The van der Waals surface area contributed by atoms with Crippen LogP contribution in [0.5, 0.6) is 0 Å². The summed E-state index contributed by atoms with van der Waals surface area (Å²) in [6.07, 6.45) is 0. The zero-order chi connectivity index (χ0) is 17.7. The Morgan fingerprint density at radius 1 is 0.885 bits per heavy atom. The Bertz CT molecular complexity index is 1330. The van der Waals surface area contributed by atoms with Crippen LogP contribution in [0.4, 0.5) is 0 Å². The van der Waals surface area contributed by atoms with Crippen LogP contribution in [0.15, 0.2) is 86.5 Å². The Hall–Kier alpha value is -2.85. The van der Waals surface area contributed by atoms with E-state index >= 15 is 0 Å². The molecule has 0 aliphatic heterocycles. The topological polar surface area (TPSA) is 35.1 Å². The summed E-state index contributed by atoms with van der Waals surface area (Å²) in [5.41, 5.74) is 3.02. The second-order valence-electron chi connectivity index (χ2n) is 6.34. The fraction of sp³-hybridized carbons (Fsp3) is 0.0455. The second-order valence-corrected chi connectivity index (χ2v) is 7.26. The highest BCUT2D eigenvalue weighted by atomic mass is 79.9. The standard InChI is InChI=1S/C22H14BrNO2/c23-15-10-11-18-17(12-15)20-16-8-4-5-9-19(16)26-21(20)22(25)24(18)13-14-6-2-1-3-7-14/h1-12H,13H2. The van der Waals surface area contributed by atoms with Gasteiger partial charge in [-0.3, -0.25) is 4.79 Å². The molecule has 0 aliphatic rings. The van der Waals surface area contributed by atoms with Gasteiger partial charge >= 0.3 is 0 Å². The number of rotatable bonds is 2. The number of benzene rings is 3. The number of furan rings is 1. The van der Waals surface area contributed by atoms with Gasteiger partial charge in [-0.1, -0.05) is 64.5 Å². The lowest BCUT2D eigenvalue weighted by atomic mass is 10.1. The van der Waals surface area contributed by atoms with Crippen LogP contribution < -0.4 is 5.56 Å². The van der Waals surface area contributed by atoms with Crippen molar-refractivity contribution in [2.45, 2.75) is 6.54 Å². The number of aromatic nitrogens is 1. The van der Waals surface area contributed by atoms with Gasteiger partial charge in [0, 0.05) is 20.6 Å². The molecule has 0 spiro atoms. The first-order chi connectivity index (χ1) is 12.7. The highest BCUT2D eigenvalue weighted by molar-refractivity contribution is 9.10. The Labute approximate surface area is 157 Å². The summed E-state index contributed by atoms with van der Waals surface area (Å²) in [6.45, 7) is 0.505. The van der Waals surface area contributed by atoms with Crippen molar-refractivity contribution in [3.05, 3.63) is 93.2 Å². The smallest absolute Gasteiger partial charge is 0.295 e. The molecule has 0 saturated carbocycles. The summed E-state index contributed by atoms with van der Waals surface area (Å²) in [7, 11) is 0. The molecule has 126 valence electrons. The molecule has 0 bridgehead atoms. The average Bonchev–Trinajstić information content (AvgIpc) is 3.06. The van der Waals surface area contributed by atoms with E-state index in [1.807, 2.05) is 66.7 Å². The van der Waals surface area contributed by atoms with Crippen LogP contribution in [0.25, 0.3) is 32.8 Å². The Balaban J connectivity index is 1.94. The molecule has 0 atom stereocenters. The zero-order valence-corrected chi connectivity index (χ0v) is 15.4.